The molecule has 3 N–H and O–H groups in total. The first kappa shape index (κ1) is 15.5. The molecule has 0 saturated heterocycles. The summed E-state index contributed by atoms with van der Waals surface area (Å²) in [5.41, 5.74) is 3.70. The molecule has 0 unspecified atom stereocenters. The Bertz CT molecular complexity index is 593. The van der Waals surface area contributed by atoms with E-state index in [1.807, 2.05) is 12.1 Å². The van der Waals surface area contributed by atoms with E-state index in [-0.39, 0.29) is 5.91 Å². The molecular formula is C15H19N3O2S. The van der Waals surface area contributed by atoms with Crippen molar-refractivity contribution in [2.45, 2.75) is 26.2 Å². The largest absolute Gasteiger partial charge is 0.493 e. The average molecular weight is 305 g/mol. The Hall–Kier alpha value is -1.92. The Labute approximate surface area is 128 Å². The average Bonchev–Trinajstić information content (AvgIpc) is 2.96. The molecule has 0 aliphatic rings. The molecule has 0 saturated carbocycles. The summed E-state index contributed by atoms with van der Waals surface area (Å²) < 4.78 is 5.68. The van der Waals surface area contributed by atoms with Gasteiger partial charge in [0.05, 0.1) is 11.6 Å². The van der Waals surface area contributed by atoms with Crippen molar-refractivity contribution >= 4 is 17.2 Å². The number of thiazole rings is 1. The third-order valence-electron chi connectivity index (χ3n) is 3.05. The zero-order valence-corrected chi connectivity index (χ0v) is 12.9. The van der Waals surface area contributed by atoms with Gasteiger partial charge in [0.25, 0.3) is 5.91 Å². The second-order valence-electron chi connectivity index (χ2n) is 4.92. The summed E-state index contributed by atoms with van der Waals surface area (Å²) >= 11 is 1.43. The molecule has 0 aliphatic heterocycles. The highest BCUT2D eigenvalue weighted by atomic mass is 32.1. The van der Waals surface area contributed by atoms with Crippen molar-refractivity contribution in [3.63, 3.8) is 0 Å². The van der Waals surface area contributed by atoms with Gasteiger partial charge in [-0.25, -0.2) is 10.8 Å². The second-order valence-corrected chi connectivity index (χ2v) is 5.86. The van der Waals surface area contributed by atoms with Crippen LogP contribution in [0.5, 0.6) is 5.75 Å². The zero-order chi connectivity index (χ0) is 15.2. The summed E-state index contributed by atoms with van der Waals surface area (Å²) in [6.45, 7) is 4.85. The van der Waals surface area contributed by atoms with Crippen LogP contribution in [0.25, 0.3) is 0 Å². The maximum absolute atomic E-state index is 11.3. The normalized spacial score (nSPS) is 10.7. The first-order valence-electron chi connectivity index (χ1n) is 6.78. The minimum atomic E-state index is -0.373. The van der Waals surface area contributed by atoms with Crippen LogP contribution in [-0.2, 0) is 6.42 Å². The fourth-order valence-corrected chi connectivity index (χ4v) is 2.57. The fraction of sp³-hybridized carbons (Fsp3) is 0.333. The summed E-state index contributed by atoms with van der Waals surface area (Å²) in [5, 5.41) is 2.54. The molecule has 0 aliphatic carbocycles. The van der Waals surface area contributed by atoms with Crippen molar-refractivity contribution in [2.24, 2.45) is 5.84 Å². The number of nitrogens with one attached hydrogen (secondary N) is 1. The molecule has 5 nitrogen and oxygen atoms in total. The first-order chi connectivity index (χ1) is 10.1. The van der Waals surface area contributed by atoms with Crippen LogP contribution in [0.15, 0.2) is 29.6 Å². The Morgan fingerprint density at radius 3 is 2.71 bits per heavy atom. The monoisotopic (exact) mass is 305 g/mol. The molecule has 1 aromatic carbocycles. The Kier molecular flexibility index (Phi) is 5.30. The predicted octanol–water partition coefficient (Wildman–Crippen LogP) is 2.49. The van der Waals surface area contributed by atoms with E-state index in [4.69, 9.17) is 10.6 Å². The lowest BCUT2D eigenvalue weighted by Gasteiger charge is -2.08. The van der Waals surface area contributed by atoms with Gasteiger partial charge in [0.15, 0.2) is 0 Å². The number of carbonyl (C=O) groups is 1. The van der Waals surface area contributed by atoms with Crippen LogP contribution < -0.4 is 16.0 Å². The third kappa shape index (κ3) is 4.27. The van der Waals surface area contributed by atoms with Crippen LogP contribution in [0.1, 0.15) is 40.8 Å². The van der Waals surface area contributed by atoms with E-state index in [0.717, 1.165) is 10.8 Å². The molecule has 0 spiro atoms. The van der Waals surface area contributed by atoms with Gasteiger partial charge in [-0.1, -0.05) is 26.0 Å². The SMILES string of the molecule is CC(C)c1ccc(OCCc2nc(C(=O)NN)cs2)cc1. The molecule has 0 radical (unpaired) electrons. The number of nitrogens with two attached hydrogens (primary N) is 1. The molecule has 21 heavy (non-hydrogen) atoms. The summed E-state index contributed by atoms with van der Waals surface area (Å²) in [7, 11) is 0. The highest BCUT2D eigenvalue weighted by Crippen LogP contribution is 2.19. The predicted molar refractivity (Wildman–Crippen MR) is 83.5 cm³/mol. The number of hydrazine groups is 1. The first-order valence-corrected chi connectivity index (χ1v) is 7.66. The van der Waals surface area contributed by atoms with Gasteiger partial charge in [-0.15, -0.1) is 11.3 Å². The van der Waals surface area contributed by atoms with Gasteiger partial charge in [0, 0.05) is 11.8 Å². The van der Waals surface area contributed by atoms with Crippen LogP contribution in [0.2, 0.25) is 0 Å². The van der Waals surface area contributed by atoms with Crippen LogP contribution in [-0.4, -0.2) is 17.5 Å². The van der Waals surface area contributed by atoms with E-state index in [1.54, 1.807) is 5.38 Å². The summed E-state index contributed by atoms with van der Waals surface area (Å²) in [5.74, 6) is 6.05. The van der Waals surface area contributed by atoms with Crippen molar-refractivity contribution in [3.05, 3.63) is 45.9 Å². The molecular weight excluding hydrogens is 286 g/mol. The van der Waals surface area contributed by atoms with E-state index in [2.05, 4.69) is 36.4 Å². The van der Waals surface area contributed by atoms with E-state index < -0.39 is 0 Å². The third-order valence-corrected chi connectivity index (χ3v) is 3.96. The molecule has 2 rings (SSSR count). The highest BCUT2D eigenvalue weighted by molar-refractivity contribution is 7.09. The summed E-state index contributed by atoms with van der Waals surface area (Å²) in [6.07, 6.45) is 0.661. The number of nitrogen functional groups attached to an aromatic ring is 1. The molecule has 1 heterocycles. The minimum absolute atomic E-state index is 0.346. The fourth-order valence-electron chi connectivity index (χ4n) is 1.81. The number of hydrogen-bond donors (Lipinski definition) is 2. The van der Waals surface area contributed by atoms with Gasteiger partial charge in [-0.2, -0.15) is 0 Å². The number of carbonyl (C=O) groups excluding carboxylic acids is 1. The summed E-state index contributed by atoms with van der Waals surface area (Å²) in [4.78, 5) is 15.5. The molecule has 112 valence electrons. The second kappa shape index (κ2) is 7.19. The van der Waals surface area contributed by atoms with E-state index in [0.29, 0.717) is 24.6 Å². The molecule has 1 amide bonds. The number of hydrogen-bond acceptors (Lipinski definition) is 5. The molecule has 0 bridgehead atoms. The standard InChI is InChI=1S/C15H19N3O2S/c1-10(2)11-3-5-12(6-4-11)20-8-7-14-17-13(9-21-14)15(19)18-16/h3-6,9-10H,7-8,16H2,1-2H3,(H,18,19). The Morgan fingerprint density at radius 1 is 1.38 bits per heavy atom. The highest BCUT2D eigenvalue weighted by Gasteiger charge is 2.09. The van der Waals surface area contributed by atoms with Gasteiger partial charge < -0.3 is 4.74 Å². The lowest BCUT2D eigenvalue weighted by molar-refractivity contribution is 0.0949. The molecule has 1 aromatic heterocycles. The number of ether oxygens (including phenoxy) is 1. The topological polar surface area (TPSA) is 77.2 Å². The van der Waals surface area contributed by atoms with Crippen LogP contribution in [0, 0.1) is 0 Å². The minimum Gasteiger partial charge on any atom is -0.493 e. The van der Waals surface area contributed by atoms with Crippen molar-refractivity contribution in [1.82, 2.24) is 10.4 Å². The number of benzene rings is 1. The number of rotatable bonds is 6. The lowest BCUT2D eigenvalue weighted by Crippen LogP contribution is -2.30. The molecule has 6 heteroatoms. The van der Waals surface area contributed by atoms with Gasteiger partial charge in [-0.05, 0) is 23.6 Å². The van der Waals surface area contributed by atoms with Crippen molar-refractivity contribution in [3.8, 4) is 5.75 Å². The number of amides is 1. The number of nitrogens with zero attached hydrogens (tertiary/aromatic N) is 1. The molecule has 0 atom stereocenters. The molecule has 0 fully saturated rings. The van der Waals surface area contributed by atoms with Crippen molar-refractivity contribution in [2.75, 3.05) is 6.61 Å². The quantitative estimate of drug-likeness (QED) is 0.488. The smallest absolute Gasteiger partial charge is 0.284 e. The van der Waals surface area contributed by atoms with Gasteiger partial charge >= 0.3 is 0 Å². The Morgan fingerprint density at radius 2 is 2.10 bits per heavy atom. The zero-order valence-electron chi connectivity index (χ0n) is 12.1. The summed E-state index contributed by atoms with van der Waals surface area (Å²) in [6, 6.07) is 8.11. The lowest BCUT2D eigenvalue weighted by atomic mass is 10.0. The van der Waals surface area contributed by atoms with Crippen LogP contribution in [0.3, 0.4) is 0 Å². The molecule has 2 aromatic rings. The van der Waals surface area contributed by atoms with Gasteiger partial charge in [-0.3, -0.25) is 10.2 Å². The van der Waals surface area contributed by atoms with E-state index in [9.17, 15) is 4.79 Å². The van der Waals surface area contributed by atoms with Gasteiger partial charge in [0.2, 0.25) is 0 Å². The maximum atomic E-state index is 11.3. The van der Waals surface area contributed by atoms with Gasteiger partial charge in [0.1, 0.15) is 11.4 Å². The van der Waals surface area contributed by atoms with Crippen molar-refractivity contribution in [1.29, 1.82) is 0 Å². The van der Waals surface area contributed by atoms with Crippen LogP contribution in [0.4, 0.5) is 0 Å². The van der Waals surface area contributed by atoms with E-state index >= 15 is 0 Å². The number of aromatic nitrogens is 1. The Balaban J connectivity index is 1.83. The maximum Gasteiger partial charge on any atom is 0.284 e. The van der Waals surface area contributed by atoms with E-state index in [1.165, 1.54) is 16.9 Å². The van der Waals surface area contributed by atoms with Crippen LogP contribution >= 0.6 is 11.3 Å². The van der Waals surface area contributed by atoms with Crippen molar-refractivity contribution < 1.29 is 9.53 Å².